The fourth-order valence-electron chi connectivity index (χ4n) is 2.76. The average Bonchev–Trinajstić information content (AvgIpc) is 2.58. The van der Waals surface area contributed by atoms with Gasteiger partial charge in [0, 0.05) is 18.2 Å². The Bertz CT molecular complexity index is 697. The molecule has 4 heteroatoms. The number of amides is 1. The van der Waals surface area contributed by atoms with Crippen molar-refractivity contribution < 1.29 is 13.9 Å². The van der Waals surface area contributed by atoms with E-state index in [9.17, 15) is 9.18 Å². The lowest BCUT2D eigenvalue weighted by Gasteiger charge is -2.28. The number of ether oxygens (including phenoxy) is 1. The molecule has 0 spiro atoms. The normalized spacial score (nSPS) is 11.9. The zero-order chi connectivity index (χ0) is 17.7. The third kappa shape index (κ3) is 4.13. The number of hydrogen-bond acceptors (Lipinski definition) is 2. The molecule has 0 aliphatic rings. The molecule has 3 nitrogen and oxygen atoms in total. The molecule has 2 rings (SSSR count). The summed E-state index contributed by atoms with van der Waals surface area (Å²) in [4.78, 5) is 14.5. The van der Waals surface area contributed by atoms with Gasteiger partial charge in [-0.25, -0.2) is 4.39 Å². The van der Waals surface area contributed by atoms with Crippen LogP contribution in [0.3, 0.4) is 0 Å². The van der Waals surface area contributed by atoms with Gasteiger partial charge in [0.2, 0.25) is 0 Å². The van der Waals surface area contributed by atoms with E-state index in [-0.39, 0.29) is 17.8 Å². The smallest absolute Gasteiger partial charge is 0.254 e. The SMILES string of the molecule is CCN(C(=O)c1ccc(C)c(F)c1)C(C)Cc1ccc(OC)cc1. The maximum atomic E-state index is 13.7. The third-order valence-corrected chi connectivity index (χ3v) is 4.24. The van der Waals surface area contributed by atoms with Gasteiger partial charge in [0.25, 0.3) is 5.91 Å². The predicted molar refractivity (Wildman–Crippen MR) is 94.0 cm³/mol. The largest absolute Gasteiger partial charge is 0.497 e. The highest BCUT2D eigenvalue weighted by Crippen LogP contribution is 2.17. The molecule has 1 unspecified atom stereocenters. The number of rotatable bonds is 6. The molecule has 0 aliphatic heterocycles. The summed E-state index contributed by atoms with van der Waals surface area (Å²) in [6, 6.07) is 12.5. The van der Waals surface area contributed by atoms with Crippen molar-refractivity contribution in [3.8, 4) is 5.75 Å². The summed E-state index contributed by atoms with van der Waals surface area (Å²) in [7, 11) is 1.63. The van der Waals surface area contributed by atoms with Crippen LogP contribution in [0, 0.1) is 12.7 Å². The van der Waals surface area contributed by atoms with Crippen LogP contribution in [0.1, 0.15) is 35.3 Å². The van der Waals surface area contributed by atoms with Crippen molar-refractivity contribution in [1.29, 1.82) is 0 Å². The topological polar surface area (TPSA) is 29.5 Å². The average molecular weight is 329 g/mol. The number of aryl methyl sites for hydroxylation is 1. The van der Waals surface area contributed by atoms with Crippen molar-refractivity contribution in [2.24, 2.45) is 0 Å². The summed E-state index contributed by atoms with van der Waals surface area (Å²) in [5.41, 5.74) is 2.06. The summed E-state index contributed by atoms with van der Waals surface area (Å²) in [5, 5.41) is 0. The maximum absolute atomic E-state index is 13.7. The molecule has 0 aliphatic carbocycles. The molecule has 2 aromatic rings. The van der Waals surface area contributed by atoms with E-state index in [0.29, 0.717) is 17.7 Å². The molecule has 0 heterocycles. The number of carbonyl (C=O) groups excluding carboxylic acids is 1. The predicted octanol–water partition coefficient (Wildman–Crippen LogP) is 4.24. The summed E-state index contributed by atoms with van der Waals surface area (Å²) in [5.74, 6) is 0.321. The van der Waals surface area contributed by atoms with Crippen LogP contribution in [0.15, 0.2) is 42.5 Å². The van der Waals surface area contributed by atoms with Crippen LogP contribution in [0.25, 0.3) is 0 Å². The van der Waals surface area contributed by atoms with Crippen LogP contribution < -0.4 is 4.74 Å². The Labute approximate surface area is 143 Å². The van der Waals surface area contributed by atoms with Gasteiger partial charge in [0.15, 0.2) is 0 Å². The van der Waals surface area contributed by atoms with Crippen molar-refractivity contribution in [2.75, 3.05) is 13.7 Å². The first-order valence-corrected chi connectivity index (χ1v) is 8.16. The molecule has 0 radical (unpaired) electrons. The minimum absolute atomic E-state index is 0.0141. The van der Waals surface area contributed by atoms with Crippen molar-refractivity contribution >= 4 is 5.91 Å². The zero-order valence-electron chi connectivity index (χ0n) is 14.7. The molecule has 2 aromatic carbocycles. The lowest BCUT2D eigenvalue weighted by atomic mass is 10.0. The molecule has 0 aromatic heterocycles. The Morgan fingerprint density at radius 3 is 2.42 bits per heavy atom. The van der Waals surface area contributed by atoms with Crippen LogP contribution in [0.2, 0.25) is 0 Å². The molecule has 0 saturated carbocycles. The standard InChI is InChI=1S/C20H24FNO2/c1-5-22(20(23)17-9-6-14(2)19(21)13-17)15(3)12-16-7-10-18(24-4)11-8-16/h6-11,13,15H,5,12H2,1-4H3. The molecule has 24 heavy (non-hydrogen) atoms. The molecule has 1 amide bonds. The number of likely N-dealkylation sites (N-methyl/N-ethyl adjacent to an activating group) is 1. The third-order valence-electron chi connectivity index (χ3n) is 4.24. The lowest BCUT2D eigenvalue weighted by molar-refractivity contribution is 0.0703. The van der Waals surface area contributed by atoms with E-state index in [1.54, 1.807) is 31.1 Å². The highest BCUT2D eigenvalue weighted by atomic mass is 19.1. The molecule has 0 N–H and O–H groups in total. The second-order valence-electron chi connectivity index (χ2n) is 5.96. The summed E-state index contributed by atoms with van der Waals surface area (Å²) >= 11 is 0. The molecular formula is C20H24FNO2. The van der Waals surface area contributed by atoms with Crippen LogP contribution in [0.4, 0.5) is 4.39 Å². The quantitative estimate of drug-likeness (QED) is 0.793. The van der Waals surface area contributed by atoms with Crippen molar-refractivity contribution in [3.05, 3.63) is 65.0 Å². The van der Waals surface area contributed by atoms with Gasteiger partial charge >= 0.3 is 0 Å². The second-order valence-corrected chi connectivity index (χ2v) is 5.96. The van der Waals surface area contributed by atoms with Crippen molar-refractivity contribution in [3.63, 3.8) is 0 Å². The Kier molecular flexibility index (Phi) is 5.96. The zero-order valence-corrected chi connectivity index (χ0v) is 14.7. The van der Waals surface area contributed by atoms with E-state index in [1.165, 1.54) is 6.07 Å². The number of benzene rings is 2. The minimum Gasteiger partial charge on any atom is -0.497 e. The monoisotopic (exact) mass is 329 g/mol. The molecule has 0 bridgehead atoms. The fourth-order valence-corrected chi connectivity index (χ4v) is 2.76. The van der Waals surface area contributed by atoms with Crippen LogP contribution in [-0.4, -0.2) is 30.5 Å². The fraction of sp³-hybridized carbons (Fsp3) is 0.350. The van der Waals surface area contributed by atoms with Gasteiger partial charge in [-0.15, -0.1) is 0 Å². The number of carbonyl (C=O) groups is 1. The van der Waals surface area contributed by atoms with Gasteiger partial charge < -0.3 is 9.64 Å². The minimum atomic E-state index is -0.347. The molecule has 1 atom stereocenters. The van der Waals surface area contributed by atoms with Crippen molar-refractivity contribution in [2.45, 2.75) is 33.2 Å². The van der Waals surface area contributed by atoms with E-state index < -0.39 is 0 Å². The first-order valence-electron chi connectivity index (χ1n) is 8.16. The molecule has 128 valence electrons. The lowest BCUT2D eigenvalue weighted by Crippen LogP contribution is -2.39. The first-order chi connectivity index (χ1) is 11.5. The number of halogens is 1. The Morgan fingerprint density at radius 2 is 1.88 bits per heavy atom. The van der Waals surface area contributed by atoms with Gasteiger partial charge in [0.05, 0.1) is 7.11 Å². The van der Waals surface area contributed by atoms with E-state index in [2.05, 4.69) is 0 Å². The highest BCUT2D eigenvalue weighted by Gasteiger charge is 2.21. The highest BCUT2D eigenvalue weighted by molar-refractivity contribution is 5.94. The summed E-state index contributed by atoms with van der Waals surface area (Å²) < 4.78 is 18.9. The van der Waals surface area contributed by atoms with Gasteiger partial charge in [-0.1, -0.05) is 18.2 Å². The Hall–Kier alpha value is -2.36. The molecular weight excluding hydrogens is 305 g/mol. The number of hydrogen-bond donors (Lipinski definition) is 0. The molecule has 0 saturated heterocycles. The van der Waals surface area contributed by atoms with E-state index in [4.69, 9.17) is 4.74 Å². The number of methoxy groups -OCH3 is 1. The van der Waals surface area contributed by atoms with Gasteiger partial charge in [-0.3, -0.25) is 4.79 Å². The van der Waals surface area contributed by atoms with Crippen LogP contribution in [-0.2, 0) is 6.42 Å². The van der Waals surface area contributed by atoms with Crippen LogP contribution in [0.5, 0.6) is 5.75 Å². The van der Waals surface area contributed by atoms with Gasteiger partial charge in [0.1, 0.15) is 11.6 Å². The first kappa shape index (κ1) is 18.0. The molecule has 0 fully saturated rings. The second kappa shape index (κ2) is 7.95. The Morgan fingerprint density at radius 1 is 1.21 bits per heavy atom. The Balaban J connectivity index is 2.13. The van der Waals surface area contributed by atoms with E-state index >= 15 is 0 Å². The maximum Gasteiger partial charge on any atom is 0.254 e. The van der Waals surface area contributed by atoms with E-state index in [1.807, 2.05) is 38.1 Å². The van der Waals surface area contributed by atoms with E-state index in [0.717, 1.165) is 17.7 Å². The summed E-state index contributed by atoms with van der Waals surface area (Å²) in [6.45, 7) is 6.21. The van der Waals surface area contributed by atoms with Crippen LogP contribution >= 0.6 is 0 Å². The van der Waals surface area contributed by atoms with Crippen molar-refractivity contribution in [1.82, 2.24) is 4.90 Å². The van der Waals surface area contributed by atoms with Gasteiger partial charge in [-0.05, 0) is 62.6 Å². The number of nitrogens with zero attached hydrogens (tertiary/aromatic N) is 1. The van der Waals surface area contributed by atoms with Gasteiger partial charge in [-0.2, -0.15) is 0 Å². The summed E-state index contributed by atoms with van der Waals surface area (Å²) in [6.07, 6.45) is 0.734.